The molecule has 7 heavy (non-hydrogen) atoms. The zero-order valence-electron chi connectivity index (χ0n) is 3.70. The van der Waals surface area contributed by atoms with Gasteiger partial charge in [0.1, 0.15) is 0 Å². The summed E-state index contributed by atoms with van der Waals surface area (Å²) >= 11 is 3.60. The van der Waals surface area contributed by atoms with Crippen LogP contribution in [0.25, 0.3) is 0 Å². The molecule has 0 aromatic heterocycles. The second-order valence-corrected chi connectivity index (χ2v) is 3.01. The van der Waals surface area contributed by atoms with E-state index < -0.39 is 6.72 Å². The third kappa shape index (κ3) is 88.4. The van der Waals surface area contributed by atoms with E-state index in [0.717, 1.165) is 0 Å². The summed E-state index contributed by atoms with van der Waals surface area (Å²) in [5.74, 6) is 0. The van der Waals surface area contributed by atoms with E-state index in [0.29, 0.717) is 0 Å². The first-order valence-corrected chi connectivity index (χ1v) is 3.44. The minimum absolute atomic E-state index is 0. The fourth-order valence-electron chi connectivity index (χ4n) is 0. The van der Waals surface area contributed by atoms with Crippen molar-refractivity contribution in [3.63, 3.8) is 0 Å². The van der Waals surface area contributed by atoms with Crippen molar-refractivity contribution in [2.24, 2.45) is 0 Å². The predicted octanol–water partition coefficient (Wildman–Crippen LogP) is -1.57. The van der Waals surface area contributed by atoms with Gasteiger partial charge < -0.3 is 14.7 Å². The van der Waals surface area contributed by atoms with Gasteiger partial charge in [-0.05, 0) is 11.8 Å². The average molecular weight is 194 g/mol. The molecule has 0 heterocycles. The van der Waals surface area contributed by atoms with Crippen LogP contribution in [0.4, 0.5) is 0 Å². The van der Waals surface area contributed by atoms with Crippen LogP contribution in [0, 0.1) is 0 Å². The van der Waals surface area contributed by atoms with E-state index in [9.17, 15) is 0 Å². The van der Waals surface area contributed by atoms with Crippen LogP contribution < -0.4 is 0 Å². The molecule has 0 aliphatic rings. The van der Waals surface area contributed by atoms with Gasteiger partial charge in [0.2, 0.25) is 0 Å². The molecule has 0 rings (SSSR count). The second-order valence-electron chi connectivity index (χ2n) is 0.513. The molecule has 0 saturated carbocycles. The monoisotopic (exact) mass is 195 g/mol. The summed E-state index contributed by atoms with van der Waals surface area (Å²) < 4.78 is 0. The van der Waals surface area contributed by atoms with E-state index >= 15 is 0 Å². The fourth-order valence-corrected chi connectivity index (χ4v) is 0. The maximum absolute atomic E-state index is 7.56. The van der Waals surface area contributed by atoms with Gasteiger partial charge in [-0.3, -0.25) is 0 Å². The van der Waals surface area contributed by atoms with Crippen LogP contribution >= 0.6 is 6.72 Å². The summed E-state index contributed by atoms with van der Waals surface area (Å²) in [5, 5.41) is 0. The third-order valence-electron chi connectivity index (χ3n) is 0. The normalized spacial score (nSPS) is 8.43. The molecule has 0 atom stereocenters. The minimum atomic E-state index is -3.81. The van der Waals surface area contributed by atoms with E-state index in [1.165, 1.54) is 0 Å². The van der Waals surface area contributed by atoms with E-state index in [1.54, 1.807) is 0 Å². The van der Waals surface area contributed by atoms with Crippen molar-refractivity contribution in [2.75, 3.05) is 0 Å². The Morgan fingerprint density at radius 3 is 1.14 bits per heavy atom. The van der Waals surface area contributed by atoms with Gasteiger partial charge in [0.25, 0.3) is 0 Å². The summed E-state index contributed by atoms with van der Waals surface area (Å²) in [4.78, 5) is 22.7. The molecule has 7 heteroatoms. The molecule has 37 valence electrons. The molecule has 0 unspecified atom stereocenters. The van der Waals surface area contributed by atoms with Crippen molar-refractivity contribution in [3.05, 3.63) is 0 Å². The van der Waals surface area contributed by atoms with Crippen LogP contribution in [0.3, 0.4) is 0 Å². The fraction of sp³-hybridized carbons (Fsp3) is 0. The van der Waals surface area contributed by atoms with Gasteiger partial charge in [-0.25, -0.2) is 0 Å². The quantitative estimate of drug-likeness (QED) is 0.321. The molecule has 0 aromatic carbocycles. The van der Waals surface area contributed by atoms with Gasteiger partial charge in [0.05, 0.1) is 0 Å². The number of hydrogen-bond acceptors (Lipinski definition) is 1. The minimum Gasteiger partial charge on any atom is -0.325 e. The molecule has 0 aromatic rings. The standard InChI is InChI=1S/Ge.Li.H3O3PS/c;;1-4(2,3)5/h;;(H3,1,2,3,5). The Balaban J connectivity index is -0.0000000800. The molecular formula is H3GeLiO3PS. The van der Waals surface area contributed by atoms with Crippen LogP contribution in [-0.4, -0.2) is 51.1 Å². The molecule has 0 aliphatic carbocycles. The SMILES string of the molecule is OP(O)(O)=S.[Ge].[Li]. The van der Waals surface area contributed by atoms with Gasteiger partial charge in [0.15, 0.2) is 0 Å². The van der Waals surface area contributed by atoms with E-state index in [-0.39, 0.29) is 36.5 Å². The third-order valence-corrected chi connectivity index (χ3v) is 0. The van der Waals surface area contributed by atoms with Crippen LogP contribution in [0.15, 0.2) is 0 Å². The molecule has 3 nitrogen and oxygen atoms in total. The van der Waals surface area contributed by atoms with Gasteiger partial charge >= 0.3 is 6.72 Å². The van der Waals surface area contributed by atoms with Crippen molar-refractivity contribution in [3.8, 4) is 0 Å². The average Bonchev–Trinajstić information content (AvgIpc) is 0.722. The van der Waals surface area contributed by atoms with Crippen molar-refractivity contribution in [1.82, 2.24) is 0 Å². The van der Waals surface area contributed by atoms with Crippen LogP contribution in [0.5, 0.6) is 0 Å². The second kappa shape index (κ2) is 5.80. The first kappa shape index (κ1) is 15.9. The molecule has 0 saturated heterocycles. The maximum Gasteiger partial charge on any atom is 0.319 e. The molecule has 0 aliphatic heterocycles. The van der Waals surface area contributed by atoms with Gasteiger partial charge in [-0.1, -0.05) is 0 Å². The maximum atomic E-state index is 7.56. The Kier molecular flexibility index (Phi) is 13.1. The van der Waals surface area contributed by atoms with E-state index in [1.807, 2.05) is 0 Å². The molecule has 0 fully saturated rings. The van der Waals surface area contributed by atoms with Crippen molar-refractivity contribution >= 4 is 55.0 Å². The van der Waals surface area contributed by atoms with Crippen LogP contribution in [-0.2, 0) is 11.8 Å². The molecule has 5 radical (unpaired) electrons. The van der Waals surface area contributed by atoms with Crippen molar-refractivity contribution in [1.29, 1.82) is 0 Å². The smallest absolute Gasteiger partial charge is 0.319 e. The largest absolute Gasteiger partial charge is 0.325 e. The topological polar surface area (TPSA) is 60.7 Å². The van der Waals surface area contributed by atoms with E-state index in [4.69, 9.17) is 14.7 Å². The molecule has 0 amide bonds. The van der Waals surface area contributed by atoms with Gasteiger partial charge in [-0.2, -0.15) is 0 Å². The number of rotatable bonds is 0. The Bertz CT molecular complexity index is 61.1. The summed E-state index contributed by atoms with van der Waals surface area (Å²) in [7, 11) is 0. The Morgan fingerprint density at radius 2 is 1.14 bits per heavy atom. The van der Waals surface area contributed by atoms with Gasteiger partial charge in [-0.15, -0.1) is 0 Å². The zero-order valence-corrected chi connectivity index (χ0v) is 7.51. The first-order valence-electron chi connectivity index (χ1n) is 0.783. The summed E-state index contributed by atoms with van der Waals surface area (Å²) in [6, 6.07) is 0. The Labute approximate surface area is 69.5 Å². The Morgan fingerprint density at radius 1 is 1.14 bits per heavy atom. The Hall–Kier alpha value is 1.67. The number of hydrogen-bond donors (Lipinski definition) is 3. The first-order chi connectivity index (χ1) is 2.00. The predicted molar refractivity (Wildman–Crippen MR) is 32.4 cm³/mol. The molecular weight excluding hydrogens is 191 g/mol. The summed E-state index contributed by atoms with van der Waals surface area (Å²) in [6.07, 6.45) is 0. The zero-order chi connectivity index (χ0) is 4.50. The van der Waals surface area contributed by atoms with Gasteiger partial charge in [0, 0.05) is 36.5 Å². The van der Waals surface area contributed by atoms with E-state index in [2.05, 4.69) is 11.8 Å². The summed E-state index contributed by atoms with van der Waals surface area (Å²) in [5.41, 5.74) is 0. The molecule has 0 spiro atoms. The summed E-state index contributed by atoms with van der Waals surface area (Å²) in [6.45, 7) is -3.81. The van der Waals surface area contributed by atoms with Crippen LogP contribution in [0.2, 0.25) is 0 Å². The van der Waals surface area contributed by atoms with Crippen molar-refractivity contribution < 1.29 is 14.7 Å². The molecule has 0 bridgehead atoms. The molecule has 3 N–H and O–H groups in total. The van der Waals surface area contributed by atoms with Crippen LogP contribution in [0.1, 0.15) is 0 Å². The van der Waals surface area contributed by atoms with Crippen molar-refractivity contribution in [2.45, 2.75) is 0 Å².